The molecule has 4 nitrogen and oxygen atoms in total. The van der Waals surface area contributed by atoms with Gasteiger partial charge in [-0.15, -0.1) is 0 Å². The van der Waals surface area contributed by atoms with E-state index in [2.05, 4.69) is 67.5 Å². The SMILES string of the molecule is CCCCc1cc(C=Nc2cccc(N=Cc3cc(CCCC)cc(C(C)(C)C)c3O)c2)c(O)c(C(C)(C)C)c1. The summed E-state index contributed by atoms with van der Waals surface area (Å²) in [6.45, 7) is 17.1. The Morgan fingerprint density at radius 3 is 1.38 bits per heavy atom. The molecular weight excluding hydrogens is 492 g/mol. The number of benzene rings is 3. The first-order chi connectivity index (χ1) is 18.8. The summed E-state index contributed by atoms with van der Waals surface area (Å²) in [5.41, 5.74) is 6.95. The van der Waals surface area contributed by atoms with Crippen molar-refractivity contribution in [3.63, 3.8) is 0 Å². The minimum Gasteiger partial charge on any atom is -0.507 e. The topological polar surface area (TPSA) is 65.2 Å². The highest BCUT2D eigenvalue weighted by Crippen LogP contribution is 2.36. The molecule has 0 atom stereocenters. The monoisotopic (exact) mass is 540 g/mol. The molecular formula is C36H48N2O2. The number of unbranched alkanes of at least 4 members (excludes halogenated alkanes) is 2. The lowest BCUT2D eigenvalue weighted by atomic mass is 9.83. The van der Waals surface area contributed by atoms with Crippen molar-refractivity contribution in [3.05, 3.63) is 81.9 Å². The van der Waals surface area contributed by atoms with Crippen LogP contribution in [0.4, 0.5) is 11.4 Å². The van der Waals surface area contributed by atoms with Crippen molar-refractivity contribution in [2.24, 2.45) is 9.98 Å². The van der Waals surface area contributed by atoms with Crippen LogP contribution in [0.15, 0.2) is 58.5 Å². The molecule has 40 heavy (non-hydrogen) atoms. The molecule has 0 saturated carbocycles. The maximum Gasteiger partial charge on any atom is 0.128 e. The van der Waals surface area contributed by atoms with Gasteiger partial charge in [-0.05, 0) is 78.0 Å². The van der Waals surface area contributed by atoms with Crippen molar-refractivity contribution in [2.45, 2.75) is 105 Å². The molecule has 214 valence electrons. The molecule has 0 bridgehead atoms. The number of aromatic hydroxyl groups is 2. The number of aliphatic imine (C=N–C) groups is 2. The van der Waals surface area contributed by atoms with E-state index in [0.29, 0.717) is 11.5 Å². The quantitative estimate of drug-likeness (QED) is 0.251. The Morgan fingerprint density at radius 1 is 0.625 bits per heavy atom. The van der Waals surface area contributed by atoms with E-state index in [1.165, 1.54) is 11.1 Å². The molecule has 0 unspecified atom stereocenters. The van der Waals surface area contributed by atoms with Crippen LogP contribution in [-0.4, -0.2) is 22.6 Å². The molecule has 3 aromatic carbocycles. The third-order valence-electron chi connectivity index (χ3n) is 7.19. The summed E-state index contributed by atoms with van der Waals surface area (Å²) in [6.07, 6.45) is 9.94. The second-order valence-electron chi connectivity index (χ2n) is 12.9. The van der Waals surface area contributed by atoms with Crippen LogP contribution in [0.3, 0.4) is 0 Å². The van der Waals surface area contributed by atoms with Gasteiger partial charge in [0.15, 0.2) is 0 Å². The van der Waals surface area contributed by atoms with Gasteiger partial charge in [0.2, 0.25) is 0 Å². The first-order valence-electron chi connectivity index (χ1n) is 14.7. The highest BCUT2D eigenvalue weighted by Gasteiger charge is 2.22. The lowest BCUT2D eigenvalue weighted by molar-refractivity contribution is 0.444. The van der Waals surface area contributed by atoms with Gasteiger partial charge in [-0.3, -0.25) is 9.98 Å². The van der Waals surface area contributed by atoms with Crippen LogP contribution in [0.1, 0.15) is 114 Å². The van der Waals surface area contributed by atoms with Crippen LogP contribution in [0.2, 0.25) is 0 Å². The van der Waals surface area contributed by atoms with E-state index < -0.39 is 0 Å². The van der Waals surface area contributed by atoms with Crippen molar-refractivity contribution >= 4 is 23.8 Å². The Morgan fingerprint density at radius 2 is 1.02 bits per heavy atom. The Hall–Kier alpha value is -3.40. The number of nitrogens with zero attached hydrogens (tertiary/aromatic N) is 2. The molecule has 3 rings (SSSR count). The normalized spacial score (nSPS) is 12.6. The molecule has 0 aliphatic rings. The van der Waals surface area contributed by atoms with Crippen LogP contribution >= 0.6 is 0 Å². The van der Waals surface area contributed by atoms with Crippen molar-refractivity contribution in [1.29, 1.82) is 0 Å². The van der Waals surface area contributed by atoms with E-state index in [0.717, 1.165) is 72.2 Å². The first-order valence-corrected chi connectivity index (χ1v) is 14.7. The zero-order valence-corrected chi connectivity index (χ0v) is 25.8. The van der Waals surface area contributed by atoms with Gasteiger partial charge in [-0.25, -0.2) is 0 Å². The number of rotatable bonds is 10. The standard InChI is InChI=1S/C36H48N2O2/c1-9-11-14-25-18-27(33(39)31(20-25)35(3,4)5)23-37-29-16-13-17-30(22-29)38-24-28-19-26(15-12-10-2)21-32(34(28)40)36(6,7)8/h13,16-24,39-40H,9-12,14-15H2,1-8H3. The fourth-order valence-electron chi connectivity index (χ4n) is 4.77. The minimum atomic E-state index is -0.171. The van der Waals surface area contributed by atoms with E-state index in [4.69, 9.17) is 9.98 Å². The third kappa shape index (κ3) is 8.30. The molecule has 0 amide bonds. The third-order valence-corrected chi connectivity index (χ3v) is 7.19. The van der Waals surface area contributed by atoms with E-state index in [1.807, 2.05) is 36.4 Å². The summed E-state index contributed by atoms with van der Waals surface area (Å²) in [5.74, 6) is 0.581. The van der Waals surface area contributed by atoms with E-state index >= 15 is 0 Å². The Balaban J connectivity index is 1.93. The number of phenols is 2. The van der Waals surface area contributed by atoms with Gasteiger partial charge in [0.05, 0.1) is 11.4 Å². The van der Waals surface area contributed by atoms with E-state index in [1.54, 1.807) is 12.4 Å². The Kier molecular flexibility index (Phi) is 10.4. The molecule has 0 heterocycles. The lowest BCUT2D eigenvalue weighted by Crippen LogP contribution is -2.13. The zero-order chi connectivity index (χ0) is 29.5. The van der Waals surface area contributed by atoms with Crippen LogP contribution in [0.25, 0.3) is 0 Å². The summed E-state index contributed by atoms with van der Waals surface area (Å²) >= 11 is 0. The summed E-state index contributed by atoms with van der Waals surface area (Å²) in [7, 11) is 0. The van der Waals surface area contributed by atoms with Gasteiger partial charge in [-0.1, -0.05) is 86.4 Å². The zero-order valence-electron chi connectivity index (χ0n) is 25.8. The van der Waals surface area contributed by atoms with Crippen LogP contribution in [0, 0.1) is 0 Å². The number of aryl methyl sites for hydroxylation is 2. The van der Waals surface area contributed by atoms with Crippen molar-refractivity contribution in [2.75, 3.05) is 0 Å². The van der Waals surface area contributed by atoms with Crippen molar-refractivity contribution < 1.29 is 10.2 Å². The first kappa shape index (κ1) is 31.1. The van der Waals surface area contributed by atoms with Gasteiger partial charge in [0.25, 0.3) is 0 Å². The smallest absolute Gasteiger partial charge is 0.128 e. The lowest BCUT2D eigenvalue weighted by Gasteiger charge is -2.22. The fourth-order valence-corrected chi connectivity index (χ4v) is 4.77. The molecule has 3 aromatic rings. The highest BCUT2D eigenvalue weighted by molar-refractivity contribution is 5.88. The van der Waals surface area contributed by atoms with E-state index in [9.17, 15) is 10.2 Å². The summed E-state index contributed by atoms with van der Waals surface area (Å²) in [6, 6.07) is 16.1. The molecule has 2 N–H and O–H groups in total. The summed E-state index contributed by atoms with van der Waals surface area (Å²) < 4.78 is 0. The molecule has 0 aliphatic carbocycles. The Bertz CT molecular complexity index is 1250. The fraction of sp³-hybridized carbons (Fsp3) is 0.444. The van der Waals surface area contributed by atoms with Gasteiger partial charge >= 0.3 is 0 Å². The molecule has 0 spiro atoms. The average molecular weight is 541 g/mol. The van der Waals surface area contributed by atoms with Crippen LogP contribution < -0.4 is 0 Å². The molecule has 0 radical (unpaired) electrons. The molecule has 0 aromatic heterocycles. The predicted molar refractivity (Wildman–Crippen MR) is 172 cm³/mol. The largest absolute Gasteiger partial charge is 0.507 e. The molecule has 0 fully saturated rings. The number of hydrogen-bond acceptors (Lipinski definition) is 4. The maximum absolute atomic E-state index is 11.1. The van der Waals surface area contributed by atoms with Gasteiger partial charge in [-0.2, -0.15) is 0 Å². The van der Waals surface area contributed by atoms with Crippen LogP contribution in [-0.2, 0) is 23.7 Å². The van der Waals surface area contributed by atoms with Gasteiger partial charge in [0, 0.05) is 34.7 Å². The number of phenolic OH excluding ortho intramolecular Hbond substituents is 2. The van der Waals surface area contributed by atoms with Gasteiger partial charge in [0.1, 0.15) is 11.5 Å². The van der Waals surface area contributed by atoms with Crippen molar-refractivity contribution in [1.82, 2.24) is 0 Å². The predicted octanol–water partition coefficient (Wildman–Crippen LogP) is 9.88. The summed E-state index contributed by atoms with van der Waals surface area (Å²) in [5, 5.41) is 22.1. The second-order valence-corrected chi connectivity index (χ2v) is 12.9. The molecule has 0 aliphatic heterocycles. The molecule has 0 saturated heterocycles. The second kappa shape index (κ2) is 13.3. The highest BCUT2D eigenvalue weighted by atomic mass is 16.3. The van der Waals surface area contributed by atoms with Crippen LogP contribution in [0.5, 0.6) is 11.5 Å². The number of hydrogen-bond donors (Lipinski definition) is 2. The minimum absolute atomic E-state index is 0.171. The van der Waals surface area contributed by atoms with Gasteiger partial charge < -0.3 is 10.2 Å². The summed E-state index contributed by atoms with van der Waals surface area (Å²) in [4.78, 5) is 9.40. The van der Waals surface area contributed by atoms with E-state index in [-0.39, 0.29) is 10.8 Å². The van der Waals surface area contributed by atoms with Crippen molar-refractivity contribution in [3.8, 4) is 11.5 Å². The molecule has 4 heteroatoms. The average Bonchev–Trinajstić information content (AvgIpc) is 2.89. The Labute approximate surface area is 241 Å². The maximum atomic E-state index is 11.1.